The number of rotatable bonds is 4. The first-order chi connectivity index (χ1) is 15.3. The highest BCUT2D eigenvalue weighted by molar-refractivity contribution is 7.15. The van der Waals surface area contributed by atoms with Crippen LogP contribution in [0.25, 0.3) is 11.0 Å². The standard InChI is InChI=1S/C23H17Cl2N3O3S/c1-11(2)8-17-26-27-23(32-17)28-19(12-4-3-5-13(24)9-12)18-20(29)15-10-14(25)6-7-16(15)31-21(18)22(28)30/h3-7,9-11,19H,8H2,1-2H3. The van der Waals surface area contributed by atoms with Crippen molar-refractivity contribution < 1.29 is 9.21 Å². The number of nitrogens with zero attached hydrogens (tertiary/aromatic N) is 3. The lowest BCUT2D eigenvalue weighted by atomic mass is 9.99. The minimum absolute atomic E-state index is 0.00425. The van der Waals surface area contributed by atoms with E-state index in [4.69, 9.17) is 27.6 Å². The molecule has 0 spiro atoms. The van der Waals surface area contributed by atoms with E-state index < -0.39 is 11.9 Å². The number of carbonyl (C=O) groups excluding carboxylic acids is 1. The zero-order valence-electron chi connectivity index (χ0n) is 17.1. The monoisotopic (exact) mass is 485 g/mol. The van der Waals surface area contributed by atoms with Gasteiger partial charge < -0.3 is 4.42 Å². The average Bonchev–Trinajstić information content (AvgIpc) is 3.30. The number of amides is 1. The summed E-state index contributed by atoms with van der Waals surface area (Å²) in [6.07, 6.45) is 0.744. The third kappa shape index (κ3) is 3.50. The molecule has 0 saturated heterocycles. The van der Waals surface area contributed by atoms with Crippen LogP contribution in [0.3, 0.4) is 0 Å². The number of hydrogen-bond donors (Lipinski definition) is 0. The Morgan fingerprint density at radius 2 is 1.88 bits per heavy atom. The Hall–Kier alpha value is -2.74. The third-order valence-electron chi connectivity index (χ3n) is 5.24. The molecule has 9 heteroatoms. The molecule has 1 aliphatic heterocycles. The lowest BCUT2D eigenvalue weighted by Gasteiger charge is -2.22. The molecule has 3 heterocycles. The zero-order valence-corrected chi connectivity index (χ0v) is 19.5. The summed E-state index contributed by atoms with van der Waals surface area (Å²) in [5.41, 5.74) is 0.916. The van der Waals surface area contributed by atoms with Gasteiger partial charge in [0.05, 0.1) is 17.0 Å². The second-order valence-corrected chi connectivity index (χ2v) is 9.94. The average molecular weight is 486 g/mol. The molecule has 0 bridgehead atoms. The summed E-state index contributed by atoms with van der Waals surface area (Å²) in [6, 6.07) is 11.1. The lowest BCUT2D eigenvalue weighted by Crippen LogP contribution is -2.29. The number of benzene rings is 2. The van der Waals surface area contributed by atoms with E-state index in [1.807, 2.05) is 6.07 Å². The molecule has 1 atom stereocenters. The maximum atomic E-state index is 13.6. The Balaban J connectivity index is 1.75. The lowest BCUT2D eigenvalue weighted by molar-refractivity contribution is 0.0970. The van der Waals surface area contributed by atoms with Crippen molar-refractivity contribution in [2.75, 3.05) is 4.90 Å². The fourth-order valence-electron chi connectivity index (χ4n) is 3.91. The van der Waals surface area contributed by atoms with Gasteiger partial charge in [0.2, 0.25) is 10.9 Å². The van der Waals surface area contributed by atoms with Gasteiger partial charge in [0.15, 0.2) is 5.43 Å². The van der Waals surface area contributed by atoms with Gasteiger partial charge in [-0.3, -0.25) is 14.5 Å². The molecular formula is C23H17Cl2N3O3S. The highest BCUT2D eigenvalue weighted by atomic mass is 35.5. The summed E-state index contributed by atoms with van der Waals surface area (Å²) in [5.74, 6) is -0.0501. The van der Waals surface area contributed by atoms with Crippen LogP contribution in [0, 0.1) is 5.92 Å². The van der Waals surface area contributed by atoms with E-state index in [0.717, 1.165) is 11.4 Å². The molecule has 0 saturated carbocycles. The maximum absolute atomic E-state index is 13.6. The van der Waals surface area contributed by atoms with E-state index in [-0.39, 0.29) is 16.8 Å². The van der Waals surface area contributed by atoms with E-state index >= 15 is 0 Å². The molecule has 0 N–H and O–H groups in total. The van der Waals surface area contributed by atoms with Crippen molar-refractivity contribution in [3.8, 4) is 0 Å². The molecule has 6 nitrogen and oxygen atoms in total. The topological polar surface area (TPSA) is 76.3 Å². The number of hydrogen-bond acceptors (Lipinski definition) is 6. The zero-order chi connectivity index (χ0) is 22.6. The molecule has 0 radical (unpaired) electrons. The Bertz CT molecular complexity index is 1430. The van der Waals surface area contributed by atoms with Gasteiger partial charge in [-0.1, -0.05) is 60.5 Å². The van der Waals surface area contributed by atoms with Crippen LogP contribution in [0.15, 0.2) is 51.7 Å². The molecule has 162 valence electrons. The molecule has 1 unspecified atom stereocenters. The van der Waals surface area contributed by atoms with Gasteiger partial charge in [-0.25, -0.2) is 0 Å². The highest BCUT2D eigenvalue weighted by Crippen LogP contribution is 2.42. The van der Waals surface area contributed by atoms with Gasteiger partial charge in [-0.2, -0.15) is 0 Å². The predicted octanol–water partition coefficient (Wildman–Crippen LogP) is 5.90. The third-order valence-corrected chi connectivity index (χ3v) is 6.66. The van der Waals surface area contributed by atoms with Gasteiger partial charge >= 0.3 is 0 Å². The number of halogens is 2. The quantitative estimate of drug-likeness (QED) is 0.359. The van der Waals surface area contributed by atoms with Crippen LogP contribution in [0.5, 0.6) is 0 Å². The highest BCUT2D eigenvalue weighted by Gasteiger charge is 2.45. The summed E-state index contributed by atoms with van der Waals surface area (Å²) in [6.45, 7) is 4.18. The van der Waals surface area contributed by atoms with Crippen LogP contribution >= 0.6 is 34.5 Å². The van der Waals surface area contributed by atoms with Gasteiger partial charge in [-0.15, -0.1) is 10.2 Å². The Kier molecular flexibility index (Phi) is 5.28. The van der Waals surface area contributed by atoms with Crippen LogP contribution < -0.4 is 10.3 Å². The molecule has 4 aromatic rings. The largest absolute Gasteiger partial charge is 0.450 e. The van der Waals surface area contributed by atoms with Crippen molar-refractivity contribution in [3.05, 3.63) is 84.6 Å². The summed E-state index contributed by atoms with van der Waals surface area (Å²) >= 11 is 13.7. The summed E-state index contributed by atoms with van der Waals surface area (Å²) in [4.78, 5) is 28.6. The molecule has 32 heavy (non-hydrogen) atoms. The fraction of sp³-hybridized carbons (Fsp3) is 0.217. The van der Waals surface area contributed by atoms with Gasteiger partial charge in [0.25, 0.3) is 5.91 Å². The number of anilines is 1. The Morgan fingerprint density at radius 1 is 1.09 bits per heavy atom. The first kappa shape index (κ1) is 21.1. The smallest absolute Gasteiger partial charge is 0.297 e. The van der Waals surface area contributed by atoms with Crippen LogP contribution in [-0.4, -0.2) is 16.1 Å². The number of carbonyl (C=O) groups is 1. The SMILES string of the molecule is CC(C)Cc1nnc(N2C(=O)c3oc4ccc(Cl)cc4c(=O)c3C2c2cccc(Cl)c2)s1. The van der Waals surface area contributed by atoms with Gasteiger partial charge in [-0.05, 0) is 41.8 Å². The minimum Gasteiger partial charge on any atom is -0.450 e. The normalized spacial score (nSPS) is 15.7. The van der Waals surface area contributed by atoms with Gasteiger partial charge in [0, 0.05) is 16.5 Å². The van der Waals surface area contributed by atoms with E-state index in [0.29, 0.717) is 37.6 Å². The predicted molar refractivity (Wildman–Crippen MR) is 126 cm³/mol. The molecule has 2 aromatic heterocycles. The van der Waals surface area contributed by atoms with Crippen LogP contribution in [0.4, 0.5) is 5.13 Å². The molecule has 1 aliphatic rings. The van der Waals surface area contributed by atoms with E-state index in [9.17, 15) is 9.59 Å². The second-order valence-electron chi connectivity index (χ2n) is 8.02. The molecule has 0 aliphatic carbocycles. The van der Waals surface area contributed by atoms with Gasteiger partial charge in [0.1, 0.15) is 10.6 Å². The number of aromatic nitrogens is 2. The second kappa shape index (κ2) is 7.99. The molecule has 2 aromatic carbocycles. The summed E-state index contributed by atoms with van der Waals surface area (Å²) in [5, 5.41) is 11.0. The van der Waals surface area contributed by atoms with E-state index in [1.54, 1.807) is 36.4 Å². The Labute approximate surface area is 197 Å². The summed E-state index contributed by atoms with van der Waals surface area (Å²) < 4.78 is 5.93. The van der Waals surface area contributed by atoms with Crippen molar-refractivity contribution in [1.29, 1.82) is 0 Å². The van der Waals surface area contributed by atoms with E-state index in [2.05, 4.69) is 24.0 Å². The maximum Gasteiger partial charge on any atom is 0.297 e. The van der Waals surface area contributed by atoms with Crippen LogP contribution in [0.1, 0.15) is 46.6 Å². The van der Waals surface area contributed by atoms with Crippen LogP contribution in [-0.2, 0) is 6.42 Å². The first-order valence-corrected chi connectivity index (χ1v) is 11.6. The fourth-order valence-corrected chi connectivity index (χ4v) is 5.36. The van der Waals surface area contributed by atoms with Crippen molar-refractivity contribution in [2.24, 2.45) is 5.92 Å². The summed E-state index contributed by atoms with van der Waals surface area (Å²) in [7, 11) is 0. The van der Waals surface area contributed by atoms with E-state index in [1.165, 1.54) is 16.2 Å². The molecular weight excluding hydrogens is 469 g/mol. The number of fused-ring (bicyclic) bond motifs is 2. The Morgan fingerprint density at radius 3 is 2.62 bits per heavy atom. The van der Waals surface area contributed by atoms with Crippen molar-refractivity contribution in [2.45, 2.75) is 26.3 Å². The van der Waals surface area contributed by atoms with Crippen molar-refractivity contribution >= 4 is 56.5 Å². The van der Waals surface area contributed by atoms with Crippen molar-refractivity contribution in [3.63, 3.8) is 0 Å². The molecule has 5 rings (SSSR count). The molecule has 1 amide bonds. The molecule has 0 fully saturated rings. The minimum atomic E-state index is -0.740. The van der Waals surface area contributed by atoms with Crippen LogP contribution in [0.2, 0.25) is 10.0 Å². The first-order valence-electron chi connectivity index (χ1n) is 10.0. The van der Waals surface area contributed by atoms with Crippen molar-refractivity contribution in [1.82, 2.24) is 10.2 Å².